The van der Waals surface area contributed by atoms with Gasteiger partial charge in [-0.1, -0.05) is 41.9 Å². The molecular formula is C24H17ClFN3O2. The highest BCUT2D eigenvalue weighted by Crippen LogP contribution is 2.27. The zero-order valence-electron chi connectivity index (χ0n) is 16.5. The van der Waals surface area contributed by atoms with Crippen LogP contribution in [-0.4, -0.2) is 21.1 Å². The summed E-state index contributed by atoms with van der Waals surface area (Å²) in [5.41, 5.74) is 2.83. The van der Waals surface area contributed by atoms with Crippen molar-refractivity contribution in [1.82, 2.24) is 14.0 Å². The third-order valence-electron chi connectivity index (χ3n) is 5.30. The lowest BCUT2D eigenvalue weighted by Crippen LogP contribution is -2.15. The van der Waals surface area contributed by atoms with E-state index in [9.17, 15) is 9.18 Å². The molecule has 2 aromatic heterocycles. The fourth-order valence-electron chi connectivity index (χ4n) is 3.79. The Morgan fingerprint density at radius 1 is 1.00 bits per heavy atom. The molecule has 0 unspecified atom stereocenters. The molecule has 0 amide bonds. The minimum atomic E-state index is -0.408. The summed E-state index contributed by atoms with van der Waals surface area (Å²) in [7, 11) is 1.58. The average molecular weight is 434 g/mol. The summed E-state index contributed by atoms with van der Waals surface area (Å²) < 4.78 is 23.2. The van der Waals surface area contributed by atoms with E-state index in [1.165, 1.54) is 16.5 Å². The van der Waals surface area contributed by atoms with Gasteiger partial charge in [-0.2, -0.15) is 0 Å². The summed E-state index contributed by atoms with van der Waals surface area (Å²) in [6, 6.07) is 20.9. The zero-order chi connectivity index (χ0) is 21.5. The van der Waals surface area contributed by atoms with Gasteiger partial charge in [-0.25, -0.2) is 13.8 Å². The van der Waals surface area contributed by atoms with Crippen molar-refractivity contribution in [3.8, 4) is 17.0 Å². The molecular weight excluding hydrogens is 417 g/mol. The van der Waals surface area contributed by atoms with Gasteiger partial charge in [0.05, 0.1) is 30.4 Å². The highest BCUT2D eigenvalue weighted by atomic mass is 35.5. The minimum absolute atomic E-state index is 0.135. The lowest BCUT2D eigenvalue weighted by Gasteiger charge is -2.10. The molecule has 0 fully saturated rings. The Balaban J connectivity index is 1.80. The highest BCUT2D eigenvalue weighted by Gasteiger charge is 2.18. The van der Waals surface area contributed by atoms with E-state index in [1.807, 2.05) is 53.1 Å². The van der Waals surface area contributed by atoms with E-state index in [1.54, 1.807) is 19.2 Å². The molecule has 31 heavy (non-hydrogen) atoms. The van der Waals surface area contributed by atoms with Crippen LogP contribution in [0.5, 0.6) is 5.75 Å². The number of methoxy groups -OCH3 is 1. The molecule has 5 nitrogen and oxygen atoms in total. The number of fused-ring (bicyclic) bond motifs is 3. The van der Waals surface area contributed by atoms with Gasteiger partial charge in [-0.3, -0.25) is 4.79 Å². The van der Waals surface area contributed by atoms with Crippen molar-refractivity contribution in [2.45, 2.75) is 6.54 Å². The van der Waals surface area contributed by atoms with Crippen LogP contribution in [0.2, 0.25) is 5.02 Å². The first-order chi connectivity index (χ1) is 15.1. The van der Waals surface area contributed by atoms with Crippen molar-refractivity contribution in [1.29, 1.82) is 0 Å². The average Bonchev–Trinajstić information content (AvgIpc) is 3.10. The van der Waals surface area contributed by atoms with Crippen molar-refractivity contribution in [2.75, 3.05) is 7.11 Å². The van der Waals surface area contributed by atoms with Crippen molar-refractivity contribution in [2.24, 2.45) is 0 Å². The maximum Gasteiger partial charge on any atom is 0.260 e. The second kappa shape index (κ2) is 7.56. The van der Waals surface area contributed by atoms with Gasteiger partial charge in [0.25, 0.3) is 5.56 Å². The Hall–Kier alpha value is -3.64. The maximum absolute atomic E-state index is 14.5. The molecule has 0 bridgehead atoms. The van der Waals surface area contributed by atoms with Crippen LogP contribution in [0.4, 0.5) is 4.39 Å². The Labute approximate surface area is 181 Å². The largest absolute Gasteiger partial charge is 0.497 e. The summed E-state index contributed by atoms with van der Waals surface area (Å²) >= 11 is 6.28. The number of benzene rings is 3. The number of ether oxygens (including phenoxy) is 1. The van der Waals surface area contributed by atoms with Gasteiger partial charge in [0.2, 0.25) is 5.78 Å². The van der Waals surface area contributed by atoms with E-state index >= 15 is 0 Å². The SMILES string of the molecule is COc1cccc(-c2cc(=O)n3c4ccccc4n(Cc4c(F)cccc4Cl)c3n2)c1. The number of hydrogen-bond acceptors (Lipinski definition) is 3. The topological polar surface area (TPSA) is 48.5 Å². The zero-order valence-corrected chi connectivity index (χ0v) is 17.3. The molecule has 0 spiro atoms. The fourth-order valence-corrected chi connectivity index (χ4v) is 4.02. The number of rotatable bonds is 4. The first kappa shape index (κ1) is 19.3. The summed E-state index contributed by atoms with van der Waals surface area (Å²) in [6.45, 7) is 0.135. The van der Waals surface area contributed by atoms with Crippen LogP contribution in [-0.2, 0) is 6.54 Å². The lowest BCUT2D eigenvalue weighted by atomic mass is 10.1. The smallest absolute Gasteiger partial charge is 0.260 e. The molecule has 7 heteroatoms. The molecule has 0 radical (unpaired) electrons. The quantitative estimate of drug-likeness (QED) is 0.393. The van der Waals surface area contributed by atoms with Crippen LogP contribution in [0.15, 0.2) is 77.6 Å². The standard InChI is InChI=1S/C24H17ClFN3O2/c1-31-16-7-4-6-15(12-16)20-13-23(30)29-22-11-3-2-10-21(22)28(24(29)27-20)14-17-18(25)8-5-9-19(17)26/h2-13H,14H2,1H3. The second-order valence-electron chi connectivity index (χ2n) is 7.12. The highest BCUT2D eigenvalue weighted by molar-refractivity contribution is 6.31. The molecule has 154 valence electrons. The van der Waals surface area contributed by atoms with Gasteiger partial charge in [0.1, 0.15) is 11.6 Å². The third kappa shape index (κ3) is 3.25. The Morgan fingerprint density at radius 2 is 1.77 bits per heavy atom. The number of imidazole rings is 1. The van der Waals surface area contributed by atoms with Gasteiger partial charge in [0.15, 0.2) is 0 Å². The third-order valence-corrected chi connectivity index (χ3v) is 5.65. The molecule has 0 N–H and O–H groups in total. The van der Waals surface area contributed by atoms with E-state index in [2.05, 4.69) is 0 Å². The predicted octanol–water partition coefficient (Wildman–Crippen LogP) is 5.17. The molecule has 0 aliphatic heterocycles. The Morgan fingerprint density at radius 3 is 2.55 bits per heavy atom. The predicted molar refractivity (Wildman–Crippen MR) is 119 cm³/mol. The van der Waals surface area contributed by atoms with Gasteiger partial charge in [-0.05, 0) is 36.4 Å². The van der Waals surface area contributed by atoms with Crippen LogP contribution in [0.3, 0.4) is 0 Å². The van der Waals surface area contributed by atoms with Crippen molar-refractivity contribution in [3.05, 3.63) is 99.6 Å². The Kier molecular flexibility index (Phi) is 4.71. The molecule has 0 atom stereocenters. The summed E-state index contributed by atoms with van der Waals surface area (Å²) in [6.07, 6.45) is 0. The monoisotopic (exact) mass is 433 g/mol. The van der Waals surface area contributed by atoms with Crippen LogP contribution >= 0.6 is 11.6 Å². The van der Waals surface area contributed by atoms with Crippen LogP contribution < -0.4 is 10.3 Å². The molecule has 3 aromatic carbocycles. The minimum Gasteiger partial charge on any atom is -0.497 e. The van der Waals surface area contributed by atoms with E-state index in [0.717, 1.165) is 11.1 Å². The van der Waals surface area contributed by atoms with Crippen LogP contribution in [0.1, 0.15) is 5.56 Å². The van der Waals surface area contributed by atoms with E-state index in [4.69, 9.17) is 21.3 Å². The van der Waals surface area contributed by atoms with Gasteiger partial charge >= 0.3 is 0 Å². The molecule has 0 saturated carbocycles. The number of para-hydroxylation sites is 2. The summed E-state index contributed by atoms with van der Waals surface area (Å²) in [5.74, 6) is 0.666. The van der Waals surface area contributed by atoms with Crippen LogP contribution in [0.25, 0.3) is 28.1 Å². The molecule has 5 aromatic rings. The maximum atomic E-state index is 14.5. The number of hydrogen-bond donors (Lipinski definition) is 0. The number of halogens is 2. The first-order valence-electron chi connectivity index (χ1n) is 9.65. The molecule has 0 aliphatic rings. The van der Waals surface area contributed by atoms with Crippen molar-refractivity contribution >= 4 is 28.4 Å². The van der Waals surface area contributed by atoms with E-state index < -0.39 is 5.82 Å². The van der Waals surface area contributed by atoms with Crippen molar-refractivity contribution < 1.29 is 9.13 Å². The van der Waals surface area contributed by atoms with Gasteiger partial charge in [-0.15, -0.1) is 0 Å². The summed E-state index contributed by atoms with van der Waals surface area (Å²) in [4.78, 5) is 17.9. The second-order valence-corrected chi connectivity index (χ2v) is 7.53. The normalized spacial score (nSPS) is 11.3. The Bertz CT molecular complexity index is 1490. The van der Waals surface area contributed by atoms with E-state index in [-0.39, 0.29) is 12.1 Å². The lowest BCUT2D eigenvalue weighted by molar-refractivity contribution is 0.415. The van der Waals surface area contributed by atoms with Crippen LogP contribution in [0, 0.1) is 5.82 Å². The first-order valence-corrected chi connectivity index (χ1v) is 10.0. The van der Waals surface area contributed by atoms with Gasteiger partial charge < -0.3 is 9.30 Å². The molecule has 5 rings (SSSR count). The van der Waals surface area contributed by atoms with Crippen molar-refractivity contribution in [3.63, 3.8) is 0 Å². The molecule has 0 saturated heterocycles. The summed E-state index contributed by atoms with van der Waals surface area (Å²) in [5, 5.41) is 0.322. The number of nitrogens with zero attached hydrogens (tertiary/aromatic N) is 3. The molecule has 2 heterocycles. The number of aromatic nitrogens is 3. The van der Waals surface area contributed by atoms with Gasteiger partial charge in [0, 0.05) is 22.2 Å². The van der Waals surface area contributed by atoms with E-state index in [0.29, 0.717) is 33.3 Å². The molecule has 0 aliphatic carbocycles. The fraction of sp³-hybridized carbons (Fsp3) is 0.0833.